The first-order valence-electron chi connectivity index (χ1n) is 6.07. The molecule has 19 heavy (non-hydrogen) atoms. The van der Waals surface area contributed by atoms with Crippen molar-refractivity contribution in [1.82, 2.24) is 5.32 Å². The largest absolute Gasteiger partial charge is 0.506 e. The fourth-order valence-corrected chi connectivity index (χ4v) is 1.66. The number of urea groups is 1. The summed E-state index contributed by atoms with van der Waals surface area (Å²) in [4.78, 5) is 22.3. The van der Waals surface area contributed by atoms with Gasteiger partial charge >= 0.3 is 12.0 Å². The van der Waals surface area contributed by atoms with Crippen molar-refractivity contribution in [2.75, 3.05) is 5.32 Å². The van der Waals surface area contributed by atoms with Gasteiger partial charge in [-0.1, -0.05) is 13.3 Å². The first-order valence-corrected chi connectivity index (χ1v) is 6.07. The Morgan fingerprint density at radius 2 is 2.05 bits per heavy atom. The number of phenolic OH excluding ortho intramolecular Hbond substituents is 1. The van der Waals surface area contributed by atoms with Gasteiger partial charge in [-0.15, -0.1) is 0 Å². The number of carboxylic acid groups (broad SMARTS) is 1. The minimum Gasteiger partial charge on any atom is -0.506 e. The van der Waals surface area contributed by atoms with Crippen LogP contribution in [-0.4, -0.2) is 28.3 Å². The van der Waals surface area contributed by atoms with Crippen molar-refractivity contribution in [3.63, 3.8) is 0 Å². The van der Waals surface area contributed by atoms with Crippen molar-refractivity contribution in [3.8, 4) is 5.75 Å². The maximum Gasteiger partial charge on any atom is 0.335 e. The Bertz CT molecular complexity index is 474. The summed E-state index contributed by atoms with van der Waals surface area (Å²) in [6.45, 7) is 3.91. The van der Waals surface area contributed by atoms with E-state index in [1.165, 1.54) is 12.1 Å². The predicted molar refractivity (Wildman–Crippen MR) is 71.6 cm³/mol. The van der Waals surface area contributed by atoms with Crippen LogP contribution in [0.25, 0.3) is 0 Å². The fourth-order valence-electron chi connectivity index (χ4n) is 1.66. The molecule has 1 aromatic rings. The molecule has 0 saturated heterocycles. The summed E-state index contributed by atoms with van der Waals surface area (Å²) in [6.07, 6.45) is 1.82. The quantitative estimate of drug-likeness (QED) is 0.615. The Morgan fingerprint density at radius 1 is 1.37 bits per heavy atom. The first-order chi connectivity index (χ1) is 8.93. The molecule has 0 fully saturated rings. The SMILES string of the molecule is CCCC(C)NC(=O)Nc1ccc(C(=O)O)cc1O. The highest BCUT2D eigenvalue weighted by Gasteiger charge is 2.11. The Kier molecular flexibility index (Phi) is 5.17. The summed E-state index contributed by atoms with van der Waals surface area (Å²) >= 11 is 0. The highest BCUT2D eigenvalue weighted by atomic mass is 16.4. The van der Waals surface area contributed by atoms with E-state index in [0.29, 0.717) is 0 Å². The zero-order valence-electron chi connectivity index (χ0n) is 10.9. The van der Waals surface area contributed by atoms with Crippen molar-refractivity contribution in [3.05, 3.63) is 23.8 Å². The number of carbonyl (C=O) groups excluding carboxylic acids is 1. The number of aromatic hydroxyl groups is 1. The van der Waals surface area contributed by atoms with E-state index in [-0.39, 0.29) is 23.0 Å². The van der Waals surface area contributed by atoms with E-state index in [0.717, 1.165) is 18.9 Å². The van der Waals surface area contributed by atoms with E-state index in [2.05, 4.69) is 10.6 Å². The standard InChI is InChI=1S/C13H18N2O4/c1-3-4-8(2)14-13(19)15-10-6-5-9(12(17)18)7-11(10)16/h5-8,16H,3-4H2,1-2H3,(H,17,18)(H2,14,15,19). The van der Waals surface area contributed by atoms with Crippen LogP contribution in [0, 0.1) is 0 Å². The van der Waals surface area contributed by atoms with Gasteiger partial charge in [-0.05, 0) is 31.5 Å². The smallest absolute Gasteiger partial charge is 0.335 e. The van der Waals surface area contributed by atoms with Gasteiger partial charge in [0.05, 0.1) is 11.3 Å². The van der Waals surface area contributed by atoms with Gasteiger partial charge in [0.25, 0.3) is 0 Å². The lowest BCUT2D eigenvalue weighted by molar-refractivity contribution is 0.0696. The topological polar surface area (TPSA) is 98.7 Å². The lowest BCUT2D eigenvalue weighted by Gasteiger charge is -2.14. The van der Waals surface area contributed by atoms with E-state index in [1.807, 2.05) is 13.8 Å². The van der Waals surface area contributed by atoms with E-state index in [9.17, 15) is 14.7 Å². The molecule has 4 N–H and O–H groups in total. The monoisotopic (exact) mass is 266 g/mol. The number of amides is 2. The Balaban J connectivity index is 2.67. The molecule has 6 heteroatoms. The van der Waals surface area contributed by atoms with E-state index in [1.54, 1.807) is 0 Å². The number of carbonyl (C=O) groups is 2. The number of hydrogen-bond donors (Lipinski definition) is 4. The van der Waals surface area contributed by atoms with Crippen molar-refractivity contribution in [2.24, 2.45) is 0 Å². The van der Waals surface area contributed by atoms with Gasteiger partial charge in [-0.3, -0.25) is 0 Å². The minimum atomic E-state index is -1.14. The number of benzene rings is 1. The summed E-state index contributed by atoms with van der Waals surface area (Å²) < 4.78 is 0. The van der Waals surface area contributed by atoms with Crippen LogP contribution in [0.3, 0.4) is 0 Å². The van der Waals surface area contributed by atoms with Crippen LogP contribution in [0.1, 0.15) is 37.0 Å². The van der Waals surface area contributed by atoms with E-state index in [4.69, 9.17) is 5.11 Å². The van der Waals surface area contributed by atoms with Crippen LogP contribution in [-0.2, 0) is 0 Å². The highest BCUT2D eigenvalue weighted by molar-refractivity contribution is 5.93. The Labute approximate surface area is 111 Å². The summed E-state index contributed by atoms with van der Waals surface area (Å²) in [5, 5.41) is 23.6. The molecule has 2 amide bonds. The molecule has 1 unspecified atom stereocenters. The molecule has 104 valence electrons. The summed E-state index contributed by atoms with van der Waals surface area (Å²) in [5.41, 5.74) is 0.133. The van der Waals surface area contributed by atoms with Gasteiger partial charge in [0, 0.05) is 6.04 Å². The molecule has 0 radical (unpaired) electrons. The third-order valence-corrected chi connectivity index (χ3v) is 2.59. The number of rotatable bonds is 5. The number of phenols is 1. The molecule has 0 spiro atoms. The Morgan fingerprint density at radius 3 is 2.58 bits per heavy atom. The molecule has 0 saturated carbocycles. The summed E-state index contributed by atoms with van der Waals surface area (Å²) in [6, 6.07) is 3.36. The molecule has 6 nitrogen and oxygen atoms in total. The maximum absolute atomic E-state index is 11.6. The molecule has 1 aromatic carbocycles. The molecule has 0 aromatic heterocycles. The Hall–Kier alpha value is -2.24. The molecule has 0 aliphatic rings. The van der Waals surface area contributed by atoms with Crippen LogP contribution >= 0.6 is 0 Å². The van der Waals surface area contributed by atoms with Crippen molar-refractivity contribution < 1.29 is 19.8 Å². The third-order valence-electron chi connectivity index (χ3n) is 2.59. The van der Waals surface area contributed by atoms with Crippen LogP contribution < -0.4 is 10.6 Å². The maximum atomic E-state index is 11.6. The predicted octanol–water partition coefficient (Wildman–Crippen LogP) is 2.40. The number of anilines is 1. The van der Waals surface area contributed by atoms with Crippen molar-refractivity contribution >= 4 is 17.7 Å². The summed E-state index contributed by atoms with van der Waals surface area (Å²) in [5.74, 6) is -1.42. The molecular weight excluding hydrogens is 248 g/mol. The van der Waals surface area contributed by atoms with Crippen molar-refractivity contribution in [2.45, 2.75) is 32.7 Å². The molecule has 0 aliphatic heterocycles. The highest BCUT2D eigenvalue weighted by Crippen LogP contribution is 2.24. The lowest BCUT2D eigenvalue weighted by Crippen LogP contribution is -2.35. The third kappa shape index (κ3) is 4.50. The molecule has 1 atom stereocenters. The summed E-state index contributed by atoms with van der Waals surface area (Å²) in [7, 11) is 0. The van der Waals surface area contributed by atoms with Crippen LogP contribution in [0.2, 0.25) is 0 Å². The number of carboxylic acids is 1. The zero-order chi connectivity index (χ0) is 14.4. The van der Waals surface area contributed by atoms with Gasteiger partial charge in [0.2, 0.25) is 0 Å². The second-order valence-corrected chi connectivity index (χ2v) is 4.33. The first kappa shape index (κ1) is 14.8. The van der Waals surface area contributed by atoms with Crippen LogP contribution in [0.5, 0.6) is 5.75 Å². The van der Waals surface area contributed by atoms with Gasteiger partial charge < -0.3 is 20.8 Å². The second kappa shape index (κ2) is 6.63. The van der Waals surface area contributed by atoms with Gasteiger partial charge in [-0.2, -0.15) is 0 Å². The zero-order valence-corrected chi connectivity index (χ0v) is 10.9. The van der Waals surface area contributed by atoms with E-state index < -0.39 is 12.0 Å². The number of nitrogens with one attached hydrogen (secondary N) is 2. The average Bonchev–Trinajstić information content (AvgIpc) is 2.31. The molecular formula is C13H18N2O4. The molecule has 0 bridgehead atoms. The minimum absolute atomic E-state index is 0.0328. The van der Waals surface area contributed by atoms with Crippen LogP contribution in [0.4, 0.5) is 10.5 Å². The average molecular weight is 266 g/mol. The van der Waals surface area contributed by atoms with Crippen LogP contribution in [0.15, 0.2) is 18.2 Å². The molecule has 0 aliphatic carbocycles. The van der Waals surface area contributed by atoms with Gasteiger partial charge in [-0.25, -0.2) is 9.59 Å². The van der Waals surface area contributed by atoms with Gasteiger partial charge in [0.15, 0.2) is 0 Å². The number of hydrogen-bond acceptors (Lipinski definition) is 3. The van der Waals surface area contributed by atoms with E-state index >= 15 is 0 Å². The number of aromatic carboxylic acids is 1. The normalized spacial score (nSPS) is 11.7. The second-order valence-electron chi connectivity index (χ2n) is 4.33. The van der Waals surface area contributed by atoms with Gasteiger partial charge in [0.1, 0.15) is 5.75 Å². The lowest BCUT2D eigenvalue weighted by atomic mass is 10.2. The fraction of sp³-hybridized carbons (Fsp3) is 0.385. The molecule has 0 heterocycles. The van der Waals surface area contributed by atoms with Crippen molar-refractivity contribution in [1.29, 1.82) is 0 Å². The molecule has 1 rings (SSSR count).